The van der Waals surface area contributed by atoms with Gasteiger partial charge < -0.3 is 7.59 Å². The molecule has 2 heteroatoms. The van der Waals surface area contributed by atoms with Crippen LogP contribution in [0.15, 0.2) is 0 Å². The first-order chi connectivity index (χ1) is 1.50. The summed E-state index contributed by atoms with van der Waals surface area (Å²) in [6, 6.07) is 0. The minimum Gasteiger partial charge on any atom is -1.00 e. The third kappa shape index (κ3) is 2.73. The third-order valence-electron chi connectivity index (χ3n) is 0.204. The van der Waals surface area contributed by atoms with Gasteiger partial charge in [-0.1, -0.05) is 0 Å². The molecule has 0 aromatic heterocycles. The van der Waals surface area contributed by atoms with Crippen LogP contribution in [0.1, 0.15) is 2.85 Å². The Balaban J connectivity index is -0.0000000300. The fourth-order valence-electron chi connectivity index (χ4n) is 0. The predicted octanol–water partition coefficient (Wildman–Crippen LogP) is -0.139. The summed E-state index contributed by atoms with van der Waals surface area (Å²) >= 11 is 0. The largest absolute Gasteiger partial charge is 2.00 e. The molecule has 22 valence electrons. The van der Waals surface area contributed by atoms with Gasteiger partial charge in [0.1, 0.15) is 0 Å². The predicted molar refractivity (Wildman–Crippen MR) is 18.8 cm³/mol. The van der Waals surface area contributed by atoms with Gasteiger partial charge >= 0.3 is 23.1 Å². The van der Waals surface area contributed by atoms with Gasteiger partial charge in [-0.3, -0.25) is 0 Å². The van der Waals surface area contributed by atoms with E-state index in [0.717, 1.165) is 13.2 Å². The van der Waals surface area contributed by atoms with Gasteiger partial charge in [-0.15, -0.1) is 0 Å². The molecule has 0 aliphatic carbocycles. The van der Waals surface area contributed by atoms with Crippen molar-refractivity contribution in [2.45, 2.75) is 0 Å². The molecular weight excluding hydrogens is 64.3 g/mol. The number of ether oxygens (including phenoxy) is 1. The van der Waals surface area contributed by atoms with Crippen LogP contribution in [-0.2, 0) is 4.74 Å². The van der Waals surface area contributed by atoms with Crippen LogP contribution in [0.4, 0.5) is 0 Å². The molecule has 1 heterocycles. The van der Waals surface area contributed by atoms with Crippen LogP contribution >= 0.6 is 0 Å². The number of hydrogen-bond donors (Lipinski definition) is 0. The van der Waals surface area contributed by atoms with Gasteiger partial charge in [-0.2, -0.15) is 0 Å². The standard InChI is InChI=1S/C2H4O.Mg.2H/c1-2-3-1;;;/h1-2H2;;;/q;+2;2*-1. The van der Waals surface area contributed by atoms with E-state index in [2.05, 4.69) is 4.74 Å². The van der Waals surface area contributed by atoms with Crippen molar-refractivity contribution in [3.63, 3.8) is 0 Å². The van der Waals surface area contributed by atoms with Crippen molar-refractivity contribution in [3.05, 3.63) is 0 Å². The molecular formula is C2H6MgO. The van der Waals surface area contributed by atoms with Crippen LogP contribution in [0.25, 0.3) is 0 Å². The smallest absolute Gasteiger partial charge is 1.00 e. The molecule has 1 rings (SSSR count). The summed E-state index contributed by atoms with van der Waals surface area (Å²) in [5.74, 6) is 0. The molecule has 0 spiro atoms. The molecule has 0 bridgehead atoms. The zero-order valence-corrected chi connectivity index (χ0v) is 3.94. The van der Waals surface area contributed by atoms with Crippen molar-refractivity contribution < 1.29 is 7.59 Å². The van der Waals surface area contributed by atoms with E-state index in [1.165, 1.54) is 0 Å². The molecule has 0 amide bonds. The Morgan fingerprint density at radius 2 is 1.75 bits per heavy atom. The maximum Gasteiger partial charge on any atom is 2.00 e. The molecule has 0 radical (unpaired) electrons. The summed E-state index contributed by atoms with van der Waals surface area (Å²) < 4.78 is 4.50. The molecule has 0 aromatic carbocycles. The Kier molecular flexibility index (Phi) is 2.36. The normalized spacial score (nSPS) is 18.0. The second-order valence-electron chi connectivity index (χ2n) is 0.612. The molecule has 0 unspecified atom stereocenters. The van der Waals surface area contributed by atoms with Gasteiger partial charge in [0.2, 0.25) is 0 Å². The van der Waals surface area contributed by atoms with E-state index in [4.69, 9.17) is 0 Å². The second kappa shape index (κ2) is 1.99. The van der Waals surface area contributed by atoms with Crippen LogP contribution in [0, 0.1) is 0 Å². The van der Waals surface area contributed by atoms with Gasteiger partial charge in [0.05, 0.1) is 13.2 Å². The minimum absolute atomic E-state index is 0. The molecule has 0 saturated carbocycles. The van der Waals surface area contributed by atoms with Crippen LogP contribution < -0.4 is 0 Å². The Labute approximate surface area is 44.5 Å². The molecule has 1 aliphatic heterocycles. The van der Waals surface area contributed by atoms with E-state index in [1.54, 1.807) is 0 Å². The van der Waals surface area contributed by atoms with E-state index in [0.29, 0.717) is 0 Å². The van der Waals surface area contributed by atoms with Crippen LogP contribution in [0.2, 0.25) is 0 Å². The average Bonchev–Trinajstić information content (AvgIpc) is 1.46. The Bertz CT molecular complexity index is 16.3. The van der Waals surface area contributed by atoms with E-state index in [-0.39, 0.29) is 25.9 Å². The summed E-state index contributed by atoms with van der Waals surface area (Å²) in [4.78, 5) is 0. The number of epoxide rings is 1. The molecule has 0 atom stereocenters. The molecule has 0 aromatic rings. The van der Waals surface area contributed by atoms with Crippen molar-refractivity contribution >= 4 is 23.1 Å². The maximum absolute atomic E-state index is 4.50. The Morgan fingerprint density at radius 1 is 1.50 bits per heavy atom. The monoisotopic (exact) mass is 70.0 g/mol. The topological polar surface area (TPSA) is 12.5 Å². The van der Waals surface area contributed by atoms with Gasteiger partial charge in [0.25, 0.3) is 0 Å². The van der Waals surface area contributed by atoms with Crippen molar-refractivity contribution in [3.8, 4) is 0 Å². The van der Waals surface area contributed by atoms with E-state index >= 15 is 0 Å². The fraction of sp³-hybridized carbons (Fsp3) is 1.00. The van der Waals surface area contributed by atoms with Gasteiger partial charge in [0, 0.05) is 0 Å². The summed E-state index contributed by atoms with van der Waals surface area (Å²) in [7, 11) is 0. The third-order valence-corrected chi connectivity index (χ3v) is 0.204. The minimum atomic E-state index is 0. The maximum atomic E-state index is 4.50. The first kappa shape index (κ1) is 4.73. The first-order valence-electron chi connectivity index (χ1n) is 1.08. The van der Waals surface area contributed by atoms with Crippen molar-refractivity contribution in [1.29, 1.82) is 0 Å². The summed E-state index contributed by atoms with van der Waals surface area (Å²) in [5.41, 5.74) is 0. The molecule has 4 heavy (non-hydrogen) atoms. The van der Waals surface area contributed by atoms with Crippen LogP contribution in [-0.4, -0.2) is 36.3 Å². The van der Waals surface area contributed by atoms with Crippen molar-refractivity contribution in [1.82, 2.24) is 0 Å². The van der Waals surface area contributed by atoms with Crippen molar-refractivity contribution in [2.75, 3.05) is 13.2 Å². The molecule has 1 aliphatic rings. The zero-order valence-electron chi connectivity index (χ0n) is 4.53. The van der Waals surface area contributed by atoms with E-state index < -0.39 is 0 Å². The summed E-state index contributed by atoms with van der Waals surface area (Å²) in [6.45, 7) is 2.00. The summed E-state index contributed by atoms with van der Waals surface area (Å²) in [5, 5.41) is 0. The van der Waals surface area contributed by atoms with E-state index in [9.17, 15) is 0 Å². The average molecular weight is 70.4 g/mol. The first-order valence-corrected chi connectivity index (χ1v) is 1.08. The Morgan fingerprint density at radius 3 is 1.75 bits per heavy atom. The van der Waals surface area contributed by atoms with Crippen LogP contribution in [0.3, 0.4) is 0 Å². The zero-order chi connectivity index (χ0) is 2.12. The number of rotatable bonds is 0. The fourth-order valence-corrected chi connectivity index (χ4v) is 0. The summed E-state index contributed by atoms with van der Waals surface area (Å²) in [6.07, 6.45) is 0. The van der Waals surface area contributed by atoms with Gasteiger partial charge in [-0.05, 0) is 0 Å². The molecule has 0 N–H and O–H groups in total. The van der Waals surface area contributed by atoms with E-state index in [1.807, 2.05) is 0 Å². The molecule has 1 saturated heterocycles. The quantitative estimate of drug-likeness (QED) is 0.285. The SMILES string of the molecule is C1CO1.[H-].[H-].[Mg+2]. The molecule has 1 nitrogen and oxygen atoms in total. The van der Waals surface area contributed by atoms with Gasteiger partial charge in [-0.25, -0.2) is 0 Å². The van der Waals surface area contributed by atoms with Crippen LogP contribution in [0.5, 0.6) is 0 Å². The Hall–Kier alpha value is 0.726. The second-order valence-corrected chi connectivity index (χ2v) is 0.612. The van der Waals surface area contributed by atoms with Crippen molar-refractivity contribution in [2.24, 2.45) is 0 Å². The number of hydrogen-bond acceptors (Lipinski definition) is 1. The van der Waals surface area contributed by atoms with Gasteiger partial charge in [0.15, 0.2) is 0 Å². The molecule has 1 fully saturated rings.